The van der Waals surface area contributed by atoms with Crippen molar-refractivity contribution in [1.82, 2.24) is 5.43 Å². The molecule has 0 aliphatic rings. The standard InChI is InChI=1S/C18H12N4O7/c1-10(19-20-17(23)11-2-4-13(5-3-11)21(25)26)15-9-12-8-14(22(27)28)6-7-16(12)29-18(15)24/h2-9H,1H3,(H,20,23). The van der Waals surface area contributed by atoms with Crippen LogP contribution in [0.25, 0.3) is 11.0 Å². The van der Waals surface area contributed by atoms with Crippen molar-refractivity contribution in [3.05, 3.63) is 90.3 Å². The van der Waals surface area contributed by atoms with Crippen LogP contribution in [0.5, 0.6) is 0 Å². The summed E-state index contributed by atoms with van der Waals surface area (Å²) in [4.78, 5) is 44.7. The van der Waals surface area contributed by atoms with Gasteiger partial charge in [0.15, 0.2) is 0 Å². The van der Waals surface area contributed by atoms with Gasteiger partial charge < -0.3 is 4.42 Å². The summed E-state index contributed by atoms with van der Waals surface area (Å²) < 4.78 is 5.14. The number of hydrogen-bond acceptors (Lipinski definition) is 8. The fourth-order valence-electron chi connectivity index (χ4n) is 2.47. The number of amides is 1. The molecule has 1 aromatic heterocycles. The van der Waals surface area contributed by atoms with Crippen molar-refractivity contribution in [3.8, 4) is 0 Å². The Kier molecular flexibility index (Phi) is 5.13. The predicted molar refractivity (Wildman–Crippen MR) is 102 cm³/mol. The largest absolute Gasteiger partial charge is 0.422 e. The molecule has 11 nitrogen and oxygen atoms in total. The molecule has 0 aliphatic carbocycles. The molecule has 11 heteroatoms. The van der Waals surface area contributed by atoms with Gasteiger partial charge in [0.2, 0.25) is 0 Å². The van der Waals surface area contributed by atoms with E-state index in [1.165, 1.54) is 55.5 Å². The van der Waals surface area contributed by atoms with Crippen molar-refractivity contribution >= 4 is 34.0 Å². The number of fused-ring (bicyclic) bond motifs is 1. The molecule has 0 aliphatic heterocycles. The first-order chi connectivity index (χ1) is 13.8. The number of carbonyl (C=O) groups is 1. The summed E-state index contributed by atoms with van der Waals surface area (Å²) in [5.74, 6) is -0.639. The lowest BCUT2D eigenvalue weighted by atomic mass is 10.1. The van der Waals surface area contributed by atoms with Crippen molar-refractivity contribution in [2.75, 3.05) is 0 Å². The fraction of sp³-hybridized carbons (Fsp3) is 0.0556. The molecule has 0 spiro atoms. The van der Waals surface area contributed by atoms with Crippen LogP contribution in [0.15, 0.2) is 62.8 Å². The van der Waals surface area contributed by atoms with Crippen molar-refractivity contribution < 1.29 is 19.1 Å². The van der Waals surface area contributed by atoms with E-state index in [2.05, 4.69) is 10.5 Å². The van der Waals surface area contributed by atoms with Crippen LogP contribution in [0.4, 0.5) is 11.4 Å². The van der Waals surface area contributed by atoms with Crippen LogP contribution in [-0.2, 0) is 0 Å². The van der Waals surface area contributed by atoms with Crippen molar-refractivity contribution in [2.24, 2.45) is 5.10 Å². The van der Waals surface area contributed by atoms with Gasteiger partial charge in [-0.2, -0.15) is 5.10 Å². The van der Waals surface area contributed by atoms with Crippen LogP contribution in [-0.4, -0.2) is 21.5 Å². The van der Waals surface area contributed by atoms with Crippen LogP contribution in [0.2, 0.25) is 0 Å². The van der Waals surface area contributed by atoms with Gasteiger partial charge in [0, 0.05) is 35.2 Å². The Labute approximate surface area is 161 Å². The van der Waals surface area contributed by atoms with Gasteiger partial charge in [0.1, 0.15) is 5.58 Å². The minimum Gasteiger partial charge on any atom is -0.422 e. The number of nitrogens with one attached hydrogen (secondary N) is 1. The van der Waals surface area contributed by atoms with Crippen molar-refractivity contribution in [3.63, 3.8) is 0 Å². The first kappa shape index (κ1) is 19.4. The molecule has 3 aromatic rings. The molecule has 0 saturated carbocycles. The number of rotatable bonds is 5. The van der Waals surface area contributed by atoms with E-state index < -0.39 is 21.4 Å². The highest BCUT2D eigenvalue weighted by Crippen LogP contribution is 2.20. The summed E-state index contributed by atoms with van der Waals surface area (Å²) in [5, 5.41) is 25.7. The van der Waals surface area contributed by atoms with Crippen molar-refractivity contribution in [1.29, 1.82) is 0 Å². The topological polar surface area (TPSA) is 158 Å². The summed E-state index contributed by atoms with van der Waals surface area (Å²) in [7, 11) is 0. The molecule has 1 amide bonds. The first-order valence-corrected chi connectivity index (χ1v) is 8.08. The zero-order chi connectivity index (χ0) is 21.1. The van der Waals surface area contributed by atoms with E-state index in [9.17, 15) is 29.8 Å². The van der Waals surface area contributed by atoms with E-state index in [1.807, 2.05) is 0 Å². The highest BCUT2D eigenvalue weighted by molar-refractivity contribution is 6.02. The molecule has 146 valence electrons. The summed E-state index contributed by atoms with van der Waals surface area (Å²) in [6.07, 6.45) is 0. The number of carbonyl (C=O) groups excluding carboxylic acids is 1. The Morgan fingerprint density at radius 3 is 2.24 bits per heavy atom. The van der Waals surface area contributed by atoms with Gasteiger partial charge in [-0.25, -0.2) is 10.2 Å². The minimum absolute atomic E-state index is 0.0157. The normalized spacial score (nSPS) is 11.3. The second kappa shape index (κ2) is 7.68. The highest BCUT2D eigenvalue weighted by atomic mass is 16.6. The van der Waals surface area contributed by atoms with Gasteiger partial charge >= 0.3 is 5.63 Å². The van der Waals surface area contributed by atoms with E-state index in [4.69, 9.17) is 4.42 Å². The van der Waals surface area contributed by atoms with E-state index in [0.29, 0.717) is 5.39 Å². The van der Waals surface area contributed by atoms with Crippen LogP contribution in [0.3, 0.4) is 0 Å². The summed E-state index contributed by atoms with van der Waals surface area (Å²) in [6, 6.07) is 10.1. The summed E-state index contributed by atoms with van der Waals surface area (Å²) in [6.45, 7) is 1.45. The van der Waals surface area contributed by atoms with Crippen LogP contribution in [0, 0.1) is 20.2 Å². The molecular weight excluding hydrogens is 384 g/mol. The average Bonchev–Trinajstić information content (AvgIpc) is 2.70. The molecule has 2 aromatic carbocycles. The molecule has 0 saturated heterocycles. The van der Waals surface area contributed by atoms with Crippen LogP contribution >= 0.6 is 0 Å². The molecule has 1 N–H and O–H groups in total. The molecule has 0 atom stereocenters. The van der Waals surface area contributed by atoms with Gasteiger partial charge in [-0.1, -0.05) is 0 Å². The van der Waals surface area contributed by atoms with E-state index in [1.54, 1.807) is 0 Å². The molecule has 0 bridgehead atoms. The van der Waals surface area contributed by atoms with Gasteiger partial charge in [-0.3, -0.25) is 25.0 Å². The predicted octanol–water partition coefficient (Wildman–Crippen LogP) is 2.76. The van der Waals surface area contributed by atoms with Gasteiger partial charge in [0.25, 0.3) is 17.3 Å². The maximum atomic E-state index is 12.2. The Morgan fingerprint density at radius 2 is 1.62 bits per heavy atom. The maximum absolute atomic E-state index is 12.2. The minimum atomic E-state index is -0.725. The molecule has 3 rings (SSSR count). The monoisotopic (exact) mass is 396 g/mol. The fourth-order valence-corrected chi connectivity index (χ4v) is 2.47. The first-order valence-electron chi connectivity index (χ1n) is 8.08. The van der Waals surface area contributed by atoms with E-state index >= 15 is 0 Å². The smallest absolute Gasteiger partial charge is 0.345 e. The lowest BCUT2D eigenvalue weighted by Crippen LogP contribution is -2.21. The van der Waals surface area contributed by atoms with Crippen LogP contribution in [0.1, 0.15) is 22.8 Å². The quantitative estimate of drug-likeness (QED) is 0.300. The Hall–Kier alpha value is -4.41. The van der Waals surface area contributed by atoms with E-state index in [0.717, 1.165) is 0 Å². The molecule has 0 radical (unpaired) electrons. The van der Waals surface area contributed by atoms with E-state index in [-0.39, 0.29) is 33.8 Å². The zero-order valence-electron chi connectivity index (χ0n) is 14.8. The third-order valence-corrected chi connectivity index (χ3v) is 3.98. The number of benzene rings is 2. The number of nitrogens with zero attached hydrogens (tertiary/aromatic N) is 3. The number of nitro groups is 2. The van der Waals surface area contributed by atoms with Gasteiger partial charge in [-0.05, 0) is 31.2 Å². The molecule has 1 heterocycles. The second-order valence-electron chi connectivity index (χ2n) is 5.87. The second-order valence-corrected chi connectivity index (χ2v) is 5.87. The third kappa shape index (κ3) is 4.13. The number of nitro benzene ring substituents is 2. The summed E-state index contributed by atoms with van der Waals surface area (Å²) >= 11 is 0. The maximum Gasteiger partial charge on any atom is 0.345 e. The Bertz CT molecular complexity index is 1230. The van der Waals surface area contributed by atoms with Crippen LogP contribution < -0.4 is 11.1 Å². The third-order valence-electron chi connectivity index (χ3n) is 3.98. The zero-order valence-corrected chi connectivity index (χ0v) is 14.8. The summed E-state index contributed by atoms with van der Waals surface area (Å²) in [5.41, 5.74) is 1.62. The van der Waals surface area contributed by atoms with Gasteiger partial charge in [-0.15, -0.1) is 0 Å². The average molecular weight is 396 g/mol. The Balaban J connectivity index is 1.86. The number of hydrogen-bond donors (Lipinski definition) is 1. The highest BCUT2D eigenvalue weighted by Gasteiger charge is 2.13. The number of non-ortho nitro benzene ring substituents is 2. The molecule has 0 fully saturated rings. The van der Waals surface area contributed by atoms with Gasteiger partial charge in [0.05, 0.1) is 21.1 Å². The molecular formula is C18H12N4O7. The SMILES string of the molecule is CC(=NNC(=O)c1ccc([N+](=O)[O-])cc1)c1cc2cc([N+](=O)[O-])ccc2oc1=O. The Morgan fingerprint density at radius 1 is 1.00 bits per heavy atom. The molecule has 29 heavy (non-hydrogen) atoms. The van der Waals surface area contributed by atoms with Crippen molar-refractivity contribution in [2.45, 2.75) is 6.92 Å². The number of hydrazone groups is 1. The molecule has 0 unspecified atom stereocenters. The lowest BCUT2D eigenvalue weighted by molar-refractivity contribution is -0.385. The lowest BCUT2D eigenvalue weighted by Gasteiger charge is -2.04.